The van der Waals surface area contributed by atoms with Crippen molar-refractivity contribution in [1.82, 2.24) is 14.1 Å². The Morgan fingerprint density at radius 1 is 1.55 bits per heavy atom. The zero-order valence-corrected chi connectivity index (χ0v) is 12.4. The van der Waals surface area contributed by atoms with Crippen LogP contribution in [-0.4, -0.2) is 38.1 Å². The number of hydrogen-bond donors (Lipinski definition) is 2. The average molecular weight is 340 g/mol. The third kappa shape index (κ3) is 1.84. The predicted molar refractivity (Wildman–Crippen MR) is 75.4 cm³/mol. The van der Waals surface area contributed by atoms with Crippen LogP contribution in [0.25, 0.3) is 0 Å². The maximum Gasteiger partial charge on any atom is 0.414 e. The van der Waals surface area contributed by atoms with Crippen LogP contribution in [-0.2, 0) is 4.79 Å². The number of dihydropyridines is 1. The van der Waals surface area contributed by atoms with Gasteiger partial charge in [0.25, 0.3) is 0 Å². The van der Waals surface area contributed by atoms with Crippen LogP contribution in [0.3, 0.4) is 0 Å². The molecule has 3 aliphatic rings. The number of amides is 2. The summed E-state index contributed by atoms with van der Waals surface area (Å²) < 4.78 is 1.84. The molecule has 3 unspecified atom stereocenters. The van der Waals surface area contributed by atoms with E-state index in [1.165, 1.54) is 0 Å². The summed E-state index contributed by atoms with van der Waals surface area (Å²) in [5.74, 6) is -0.438. The summed E-state index contributed by atoms with van der Waals surface area (Å²) in [7, 11) is 0. The molecule has 20 heavy (non-hydrogen) atoms. The lowest BCUT2D eigenvalue weighted by Gasteiger charge is -2.46. The van der Waals surface area contributed by atoms with Gasteiger partial charge in [0.2, 0.25) is 5.91 Å². The maximum absolute atomic E-state index is 12.0. The van der Waals surface area contributed by atoms with E-state index in [-0.39, 0.29) is 24.4 Å². The molecule has 0 bridgehead atoms. The molecule has 106 valence electrons. The fraction of sp³-hybridized carbons (Fsp3) is 0.385. The van der Waals surface area contributed by atoms with Crippen LogP contribution < -0.4 is 5.32 Å². The summed E-state index contributed by atoms with van der Waals surface area (Å²) in [6.07, 6.45) is 6.50. The Morgan fingerprint density at radius 2 is 2.30 bits per heavy atom. The molecule has 0 aliphatic carbocycles. The first-order valence-electron chi connectivity index (χ1n) is 6.33. The molecular formula is C13H14BrN3O3. The Bertz CT molecular complexity index is 569. The Balaban J connectivity index is 2.05. The Kier molecular flexibility index (Phi) is 3.08. The standard InChI is InChI=1S/C13H14BrN3O3/c1-7-11-8(5-10(18)17(7)13(19)20)6-16(14)12-9(11)3-2-4-15-12/h2-4,6-7,11-12,15H,5H2,1H3,(H,19,20). The lowest BCUT2D eigenvalue weighted by molar-refractivity contribution is -0.132. The van der Waals surface area contributed by atoms with E-state index in [1.807, 2.05) is 28.5 Å². The van der Waals surface area contributed by atoms with Gasteiger partial charge < -0.3 is 10.4 Å². The molecular weight excluding hydrogens is 326 g/mol. The number of fused-ring (bicyclic) bond motifs is 3. The van der Waals surface area contributed by atoms with Gasteiger partial charge in [0.15, 0.2) is 0 Å². The van der Waals surface area contributed by atoms with Crippen LogP contribution in [0.15, 0.2) is 35.7 Å². The van der Waals surface area contributed by atoms with Gasteiger partial charge in [-0.2, -0.15) is 0 Å². The normalized spacial score (nSPS) is 31.9. The molecule has 3 heterocycles. The molecule has 6 nitrogen and oxygen atoms in total. The molecule has 0 aromatic carbocycles. The van der Waals surface area contributed by atoms with E-state index in [9.17, 15) is 14.7 Å². The van der Waals surface area contributed by atoms with Crippen molar-refractivity contribution in [2.24, 2.45) is 5.92 Å². The molecule has 0 spiro atoms. The topological polar surface area (TPSA) is 72.9 Å². The SMILES string of the molecule is CC1C2C(=CN(Br)C3NC=CC=C23)CC(=O)N1C(=O)O. The molecule has 3 rings (SSSR count). The fourth-order valence-corrected chi connectivity index (χ4v) is 3.79. The minimum absolute atomic E-state index is 0.0555. The summed E-state index contributed by atoms with van der Waals surface area (Å²) >= 11 is 3.45. The van der Waals surface area contributed by atoms with Gasteiger partial charge in [0.05, 0.1) is 28.6 Å². The number of likely N-dealkylation sites (tertiary alicyclic amines) is 1. The number of nitrogens with one attached hydrogen (secondary N) is 1. The smallest absolute Gasteiger partial charge is 0.414 e. The first-order valence-corrected chi connectivity index (χ1v) is 7.04. The minimum Gasteiger partial charge on any atom is -0.465 e. The van der Waals surface area contributed by atoms with E-state index >= 15 is 0 Å². The second-order valence-electron chi connectivity index (χ2n) is 5.08. The van der Waals surface area contributed by atoms with Gasteiger partial charge >= 0.3 is 6.09 Å². The van der Waals surface area contributed by atoms with Crippen molar-refractivity contribution >= 4 is 28.1 Å². The van der Waals surface area contributed by atoms with Crippen molar-refractivity contribution in [3.05, 3.63) is 35.7 Å². The predicted octanol–water partition coefficient (Wildman–Crippen LogP) is 1.78. The number of imide groups is 1. The molecule has 3 atom stereocenters. The van der Waals surface area contributed by atoms with Gasteiger partial charge in [-0.1, -0.05) is 6.08 Å². The number of nitrogens with zero attached hydrogens (tertiary/aromatic N) is 2. The Morgan fingerprint density at radius 3 is 3.00 bits per heavy atom. The van der Waals surface area contributed by atoms with E-state index in [1.54, 1.807) is 6.92 Å². The van der Waals surface area contributed by atoms with E-state index in [2.05, 4.69) is 21.5 Å². The number of halogens is 1. The number of carbonyl (C=O) groups is 2. The molecule has 3 aliphatic heterocycles. The van der Waals surface area contributed by atoms with Gasteiger partial charge in [-0.15, -0.1) is 0 Å². The van der Waals surface area contributed by atoms with Gasteiger partial charge in [-0.25, -0.2) is 9.69 Å². The number of piperidine rings is 1. The molecule has 1 saturated heterocycles. The van der Waals surface area contributed by atoms with Crippen LogP contribution in [0, 0.1) is 5.92 Å². The average Bonchev–Trinajstić information content (AvgIpc) is 2.37. The van der Waals surface area contributed by atoms with Crippen LogP contribution in [0.4, 0.5) is 4.79 Å². The van der Waals surface area contributed by atoms with Crippen molar-refractivity contribution in [3.63, 3.8) is 0 Å². The summed E-state index contributed by atoms with van der Waals surface area (Å²) in [4.78, 5) is 24.2. The molecule has 2 N–H and O–H groups in total. The highest BCUT2D eigenvalue weighted by molar-refractivity contribution is 9.07. The largest absolute Gasteiger partial charge is 0.465 e. The lowest BCUT2D eigenvalue weighted by atomic mass is 9.76. The summed E-state index contributed by atoms with van der Waals surface area (Å²) in [5.41, 5.74) is 2.00. The second kappa shape index (κ2) is 4.66. The molecule has 0 radical (unpaired) electrons. The fourth-order valence-electron chi connectivity index (χ4n) is 3.17. The van der Waals surface area contributed by atoms with Crippen LogP contribution in [0.1, 0.15) is 13.3 Å². The number of carboxylic acid groups (broad SMARTS) is 1. The maximum atomic E-state index is 12.0. The lowest BCUT2D eigenvalue weighted by Crippen LogP contribution is -2.55. The van der Waals surface area contributed by atoms with E-state index in [0.717, 1.165) is 16.0 Å². The number of allylic oxidation sites excluding steroid dienone is 2. The molecule has 0 aromatic rings. The van der Waals surface area contributed by atoms with Gasteiger partial charge in [0.1, 0.15) is 6.17 Å². The van der Waals surface area contributed by atoms with E-state index in [4.69, 9.17) is 0 Å². The van der Waals surface area contributed by atoms with Gasteiger partial charge in [-0.05, 0) is 30.3 Å². The quantitative estimate of drug-likeness (QED) is 0.658. The summed E-state index contributed by atoms with van der Waals surface area (Å²) in [6, 6.07) is -0.400. The Labute approximate surface area is 124 Å². The van der Waals surface area contributed by atoms with E-state index < -0.39 is 12.1 Å². The van der Waals surface area contributed by atoms with E-state index in [0.29, 0.717) is 0 Å². The third-order valence-electron chi connectivity index (χ3n) is 3.97. The molecule has 1 fully saturated rings. The second-order valence-corrected chi connectivity index (χ2v) is 5.90. The number of carbonyl (C=O) groups excluding carboxylic acids is 1. The highest BCUT2D eigenvalue weighted by atomic mass is 79.9. The highest BCUT2D eigenvalue weighted by Crippen LogP contribution is 2.41. The zero-order chi connectivity index (χ0) is 14.4. The third-order valence-corrected chi connectivity index (χ3v) is 4.58. The summed E-state index contributed by atoms with van der Waals surface area (Å²) in [6.45, 7) is 1.78. The van der Waals surface area contributed by atoms with Crippen molar-refractivity contribution in [2.75, 3.05) is 0 Å². The van der Waals surface area contributed by atoms with Crippen molar-refractivity contribution in [3.8, 4) is 0 Å². The molecule has 7 heteroatoms. The molecule has 2 amide bonds. The minimum atomic E-state index is -1.18. The summed E-state index contributed by atoms with van der Waals surface area (Å²) in [5, 5.41) is 12.4. The zero-order valence-electron chi connectivity index (χ0n) is 10.8. The monoisotopic (exact) mass is 339 g/mol. The number of hydrogen-bond acceptors (Lipinski definition) is 4. The van der Waals surface area contributed by atoms with Crippen LogP contribution >= 0.6 is 16.1 Å². The Hall–Kier alpha value is -1.76. The van der Waals surface area contributed by atoms with Crippen molar-refractivity contribution in [1.29, 1.82) is 0 Å². The molecule has 0 aromatic heterocycles. The highest BCUT2D eigenvalue weighted by Gasteiger charge is 2.45. The first-order chi connectivity index (χ1) is 9.50. The molecule has 0 saturated carbocycles. The van der Waals surface area contributed by atoms with Crippen molar-refractivity contribution in [2.45, 2.75) is 25.6 Å². The number of rotatable bonds is 0. The van der Waals surface area contributed by atoms with Gasteiger partial charge in [0, 0.05) is 12.1 Å². The van der Waals surface area contributed by atoms with Gasteiger partial charge in [-0.3, -0.25) is 8.72 Å². The van der Waals surface area contributed by atoms with Crippen molar-refractivity contribution < 1.29 is 14.7 Å². The van der Waals surface area contributed by atoms with Crippen LogP contribution in [0.2, 0.25) is 0 Å². The first kappa shape index (κ1) is 13.2. The van der Waals surface area contributed by atoms with Crippen LogP contribution in [0.5, 0.6) is 0 Å².